The van der Waals surface area contributed by atoms with E-state index in [-0.39, 0.29) is 24.3 Å². The van der Waals surface area contributed by atoms with Crippen molar-refractivity contribution in [3.8, 4) is 0 Å². The second-order valence-corrected chi connectivity index (χ2v) is 5.98. The maximum atomic E-state index is 12.2. The smallest absolute Gasteiger partial charge is 0.247 e. The van der Waals surface area contributed by atoms with Gasteiger partial charge in [-0.05, 0) is 46.5 Å². The van der Waals surface area contributed by atoms with Crippen molar-refractivity contribution in [1.29, 1.82) is 0 Å². The van der Waals surface area contributed by atoms with Gasteiger partial charge in [-0.25, -0.2) is 0 Å². The predicted molar refractivity (Wildman–Crippen MR) is 78.0 cm³/mol. The zero-order valence-corrected chi connectivity index (χ0v) is 12.8. The van der Waals surface area contributed by atoms with Crippen LogP contribution >= 0.6 is 15.9 Å². The summed E-state index contributed by atoms with van der Waals surface area (Å²) in [5, 5.41) is 2.65. The van der Waals surface area contributed by atoms with Gasteiger partial charge >= 0.3 is 0 Å². The van der Waals surface area contributed by atoms with Gasteiger partial charge in [-0.15, -0.1) is 0 Å². The fourth-order valence-corrected chi connectivity index (χ4v) is 3.00. The molecule has 1 saturated heterocycles. The monoisotopic (exact) mass is 324 g/mol. The molecule has 1 N–H and O–H groups in total. The van der Waals surface area contributed by atoms with Crippen molar-refractivity contribution in [2.75, 3.05) is 11.4 Å². The first-order valence-corrected chi connectivity index (χ1v) is 7.07. The van der Waals surface area contributed by atoms with Gasteiger partial charge in [-0.1, -0.05) is 19.9 Å². The fourth-order valence-electron chi connectivity index (χ4n) is 2.32. The van der Waals surface area contributed by atoms with Crippen LogP contribution in [0.1, 0.15) is 19.4 Å². The number of carbonyl (C=O) groups excluding carboxylic acids is 2. The van der Waals surface area contributed by atoms with Gasteiger partial charge in [0.25, 0.3) is 0 Å². The number of aryl methyl sites for hydroxylation is 1. The third-order valence-corrected chi connectivity index (χ3v) is 3.86. The lowest BCUT2D eigenvalue weighted by Crippen LogP contribution is -2.60. The van der Waals surface area contributed by atoms with Crippen molar-refractivity contribution in [2.45, 2.75) is 26.8 Å². The van der Waals surface area contributed by atoms with Crippen molar-refractivity contribution in [3.63, 3.8) is 0 Å². The molecule has 1 aliphatic heterocycles. The summed E-state index contributed by atoms with van der Waals surface area (Å²) < 4.78 is 0.834. The van der Waals surface area contributed by atoms with Crippen molar-refractivity contribution in [2.24, 2.45) is 5.92 Å². The van der Waals surface area contributed by atoms with Crippen molar-refractivity contribution in [1.82, 2.24) is 5.32 Å². The molecule has 0 spiro atoms. The Morgan fingerprint density at radius 2 is 2.05 bits per heavy atom. The fraction of sp³-hybridized carbons (Fsp3) is 0.429. The zero-order valence-electron chi connectivity index (χ0n) is 11.2. The van der Waals surface area contributed by atoms with Gasteiger partial charge in [0.05, 0.1) is 12.2 Å². The minimum atomic E-state index is -0.458. The number of halogens is 1. The highest BCUT2D eigenvalue weighted by Gasteiger charge is 2.38. The Balaban J connectivity index is 2.48. The molecule has 1 heterocycles. The van der Waals surface area contributed by atoms with E-state index in [2.05, 4.69) is 21.2 Å². The van der Waals surface area contributed by atoms with Gasteiger partial charge in [0.2, 0.25) is 11.8 Å². The third-order valence-electron chi connectivity index (χ3n) is 3.22. The van der Waals surface area contributed by atoms with E-state index < -0.39 is 6.04 Å². The van der Waals surface area contributed by atoms with Crippen molar-refractivity contribution in [3.05, 3.63) is 28.2 Å². The highest BCUT2D eigenvalue weighted by atomic mass is 79.9. The highest BCUT2D eigenvalue weighted by Crippen LogP contribution is 2.31. The normalized spacial score (nSPS) is 19.8. The van der Waals surface area contributed by atoms with Crippen LogP contribution in [0.5, 0.6) is 0 Å². The summed E-state index contributed by atoms with van der Waals surface area (Å²) in [6.45, 7) is 5.93. The standard InChI is InChI=1S/C14H17BrN2O2/c1-8(2)13-14(19)16-7-12(18)17(13)11-5-4-9(3)6-10(11)15/h4-6,8,13H,7H2,1-3H3,(H,16,19). The lowest BCUT2D eigenvalue weighted by atomic mass is 9.98. The van der Waals surface area contributed by atoms with Crippen LogP contribution in [0, 0.1) is 12.8 Å². The summed E-state index contributed by atoms with van der Waals surface area (Å²) in [6, 6.07) is 5.31. The molecule has 1 aromatic rings. The molecule has 1 unspecified atom stereocenters. The number of hydrogen-bond acceptors (Lipinski definition) is 2. The topological polar surface area (TPSA) is 49.4 Å². The van der Waals surface area contributed by atoms with E-state index in [4.69, 9.17) is 0 Å². The molecule has 4 nitrogen and oxygen atoms in total. The quantitative estimate of drug-likeness (QED) is 0.907. The molecule has 1 aromatic carbocycles. The number of amides is 2. The maximum absolute atomic E-state index is 12.2. The number of nitrogens with one attached hydrogen (secondary N) is 1. The molecule has 19 heavy (non-hydrogen) atoms. The van der Waals surface area contributed by atoms with Crippen LogP contribution in [0.2, 0.25) is 0 Å². The van der Waals surface area contributed by atoms with E-state index in [1.165, 1.54) is 0 Å². The Kier molecular flexibility index (Phi) is 3.94. The molecule has 102 valence electrons. The first kappa shape index (κ1) is 14.1. The molecule has 0 aliphatic carbocycles. The molecular weight excluding hydrogens is 308 g/mol. The van der Waals surface area contributed by atoms with Crippen LogP contribution < -0.4 is 10.2 Å². The summed E-state index contributed by atoms with van der Waals surface area (Å²) in [5.74, 6) is -0.123. The number of piperazine rings is 1. The van der Waals surface area contributed by atoms with Crippen LogP contribution in [0.3, 0.4) is 0 Å². The average molecular weight is 325 g/mol. The van der Waals surface area contributed by atoms with Crippen LogP contribution in [0.25, 0.3) is 0 Å². The molecule has 1 fully saturated rings. The molecule has 5 heteroatoms. The summed E-state index contributed by atoms with van der Waals surface area (Å²) >= 11 is 3.48. The lowest BCUT2D eigenvalue weighted by molar-refractivity contribution is -0.131. The molecule has 1 atom stereocenters. The SMILES string of the molecule is Cc1ccc(N2C(=O)CNC(=O)C2C(C)C)c(Br)c1. The molecule has 1 aliphatic rings. The predicted octanol–water partition coefficient (Wildman–Crippen LogP) is 2.24. The van der Waals surface area contributed by atoms with Crippen LogP contribution in [0.15, 0.2) is 22.7 Å². The van der Waals surface area contributed by atoms with E-state index >= 15 is 0 Å². The Morgan fingerprint density at radius 1 is 1.37 bits per heavy atom. The van der Waals surface area contributed by atoms with Gasteiger partial charge in [-0.2, -0.15) is 0 Å². The van der Waals surface area contributed by atoms with Crippen LogP contribution in [-0.4, -0.2) is 24.4 Å². The summed E-state index contributed by atoms with van der Waals surface area (Å²) in [4.78, 5) is 25.8. The van der Waals surface area contributed by atoms with Crippen LogP contribution in [-0.2, 0) is 9.59 Å². The largest absolute Gasteiger partial charge is 0.345 e. The molecular formula is C14H17BrN2O2. The van der Waals surface area contributed by atoms with E-state index in [0.717, 1.165) is 15.7 Å². The van der Waals surface area contributed by atoms with Gasteiger partial charge in [0, 0.05) is 4.47 Å². The molecule has 2 rings (SSSR count). The number of hydrogen-bond donors (Lipinski definition) is 1. The van der Waals surface area contributed by atoms with Gasteiger partial charge in [0.15, 0.2) is 0 Å². The summed E-state index contributed by atoms with van der Waals surface area (Å²) in [7, 11) is 0. The molecule has 0 bridgehead atoms. The highest BCUT2D eigenvalue weighted by molar-refractivity contribution is 9.10. The van der Waals surface area contributed by atoms with Gasteiger partial charge < -0.3 is 5.32 Å². The Morgan fingerprint density at radius 3 is 2.63 bits per heavy atom. The molecule has 0 radical (unpaired) electrons. The number of carbonyl (C=O) groups is 2. The van der Waals surface area contributed by atoms with Crippen LogP contribution in [0.4, 0.5) is 5.69 Å². The summed E-state index contributed by atoms with van der Waals surface area (Å²) in [6.07, 6.45) is 0. The average Bonchev–Trinajstić information content (AvgIpc) is 2.32. The Hall–Kier alpha value is -1.36. The van der Waals surface area contributed by atoms with Crippen molar-refractivity contribution < 1.29 is 9.59 Å². The second kappa shape index (κ2) is 5.33. The molecule has 0 aromatic heterocycles. The summed E-state index contributed by atoms with van der Waals surface area (Å²) in [5.41, 5.74) is 1.86. The minimum absolute atomic E-state index is 0.0532. The number of benzene rings is 1. The van der Waals surface area contributed by atoms with E-state index in [1.807, 2.05) is 39.0 Å². The number of nitrogens with zero attached hydrogens (tertiary/aromatic N) is 1. The third kappa shape index (κ3) is 2.66. The Bertz CT molecular complexity index is 528. The van der Waals surface area contributed by atoms with E-state index in [0.29, 0.717) is 0 Å². The Labute approximate surface area is 121 Å². The molecule has 0 saturated carbocycles. The van der Waals surface area contributed by atoms with Gasteiger partial charge in [-0.3, -0.25) is 14.5 Å². The minimum Gasteiger partial charge on any atom is -0.345 e. The van der Waals surface area contributed by atoms with E-state index in [9.17, 15) is 9.59 Å². The maximum Gasteiger partial charge on any atom is 0.247 e. The second-order valence-electron chi connectivity index (χ2n) is 5.13. The number of anilines is 1. The lowest BCUT2D eigenvalue weighted by Gasteiger charge is -2.37. The first-order valence-electron chi connectivity index (χ1n) is 6.27. The first-order chi connectivity index (χ1) is 8.91. The van der Waals surface area contributed by atoms with Crippen molar-refractivity contribution >= 4 is 33.4 Å². The molecule has 2 amide bonds. The zero-order chi connectivity index (χ0) is 14.2. The van der Waals surface area contributed by atoms with Gasteiger partial charge in [0.1, 0.15) is 6.04 Å². The number of rotatable bonds is 2. The van der Waals surface area contributed by atoms with E-state index in [1.54, 1.807) is 4.90 Å².